The first-order valence-corrected chi connectivity index (χ1v) is 5.59. The number of aliphatic imine (C=N–C) groups is 1. The van der Waals surface area contributed by atoms with Gasteiger partial charge < -0.3 is 10.6 Å². The molecule has 16 heavy (non-hydrogen) atoms. The zero-order valence-corrected chi connectivity index (χ0v) is 9.72. The molecule has 2 N–H and O–H groups in total. The van der Waals surface area contributed by atoms with E-state index in [0.29, 0.717) is 6.04 Å². The Hall–Kier alpha value is -1.59. The minimum absolute atomic E-state index is 0.595. The maximum Gasteiger partial charge on any atom is 0.191 e. The molecule has 1 aliphatic carbocycles. The molecule has 1 aromatic rings. The maximum atomic E-state index is 4.17. The number of aromatic nitrogens is 3. The van der Waals surface area contributed by atoms with Crippen LogP contribution in [-0.2, 0) is 6.54 Å². The number of hydrogen-bond acceptors (Lipinski definition) is 3. The van der Waals surface area contributed by atoms with Crippen molar-refractivity contribution in [2.24, 2.45) is 10.9 Å². The molecule has 1 aromatic heterocycles. The number of rotatable bonds is 4. The van der Waals surface area contributed by atoms with Crippen molar-refractivity contribution in [1.82, 2.24) is 25.4 Å². The lowest BCUT2D eigenvalue weighted by molar-refractivity contribution is 0.595. The third-order valence-electron chi connectivity index (χ3n) is 2.76. The first-order chi connectivity index (χ1) is 7.79. The highest BCUT2D eigenvalue weighted by atomic mass is 15.3. The summed E-state index contributed by atoms with van der Waals surface area (Å²) in [4.78, 5) is 8.06. The van der Waals surface area contributed by atoms with E-state index in [9.17, 15) is 0 Å². The van der Waals surface area contributed by atoms with Gasteiger partial charge in [0.25, 0.3) is 0 Å². The summed E-state index contributed by atoms with van der Waals surface area (Å²) < 4.78 is 1.79. The van der Waals surface area contributed by atoms with E-state index >= 15 is 0 Å². The molecular formula is C10H18N6. The van der Waals surface area contributed by atoms with Crippen molar-refractivity contribution in [2.75, 3.05) is 13.6 Å². The van der Waals surface area contributed by atoms with Crippen LogP contribution in [0.2, 0.25) is 0 Å². The quantitative estimate of drug-likeness (QED) is 0.549. The second-order valence-corrected chi connectivity index (χ2v) is 4.12. The van der Waals surface area contributed by atoms with Gasteiger partial charge >= 0.3 is 0 Å². The van der Waals surface area contributed by atoms with Crippen LogP contribution in [0.25, 0.3) is 0 Å². The predicted molar refractivity (Wildman–Crippen MR) is 62.1 cm³/mol. The molecular weight excluding hydrogens is 204 g/mol. The molecule has 1 saturated carbocycles. The highest BCUT2D eigenvalue weighted by Gasteiger charge is 2.33. The monoisotopic (exact) mass is 222 g/mol. The molecule has 88 valence electrons. The first kappa shape index (κ1) is 10.9. The molecule has 0 aliphatic heterocycles. The molecule has 2 unspecified atom stereocenters. The minimum atomic E-state index is 0.595. The minimum Gasteiger partial charge on any atom is -0.355 e. The first-order valence-electron chi connectivity index (χ1n) is 5.59. The smallest absolute Gasteiger partial charge is 0.191 e. The van der Waals surface area contributed by atoms with E-state index in [1.54, 1.807) is 24.4 Å². The van der Waals surface area contributed by atoms with Crippen LogP contribution in [-0.4, -0.2) is 40.4 Å². The van der Waals surface area contributed by atoms with Gasteiger partial charge in [-0.05, 0) is 12.3 Å². The van der Waals surface area contributed by atoms with Gasteiger partial charge in [-0.15, -0.1) is 0 Å². The molecule has 2 atom stereocenters. The summed E-state index contributed by atoms with van der Waals surface area (Å²) in [6.07, 6.45) is 4.49. The zero-order chi connectivity index (χ0) is 11.4. The van der Waals surface area contributed by atoms with E-state index in [-0.39, 0.29) is 0 Å². The van der Waals surface area contributed by atoms with E-state index < -0.39 is 0 Å². The van der Waals surface area contributed by atoms with Crippen LogP contribution in [0.3, 0.4) is 0 Å². The Kier molecular flexibility index (Phi) is 3.38. The van der Waals surface area contributed by atoms with Crippen LogP contribution in [0.4, 0.5) is 0 Å². The highest BCUT2D eigenvalue weighted by molar-refractivity contribution is 5.80. The lowest BCUT2D eigenvalue weighted by Gasteiger charge is -2.11. The van der Waals surface area contributed by atoms with Gasteiger partial charge in [0.15, 0.2) is 5.96 Å². The van der Waals surface area contributed by atoms with Crippen LogP contribution < -0.4 is 10.6 Å². The molecule has 0 saturated heterocycles. The summed E-state index contributed by atoms with van der Waals surface area (Å²) in [5.74, 6) is 1.64. The summed E-state index contributed by atoms with van der Waals surface area (Å²) >= 11 is 0. The summed E-state index contributed by atoms with van der Waals surface area (Å²) in [6, 6.07) is 0.595. The van der Waals surface area contributed by atoms with E-state index in [1.165, 1.54) is 6.42 Å². The number of guanidine groups is 1. The van der Waals surface area contributed by atoms with Gasteiger partial charge in [-0.25, -0.2) is 4.98 Å². The van der Waals surface area contributed by atoms with Gasteiger partial charge in [-0.3, -0.25) is 9.67 Å². The Bertz CT molecular complexity index is 344. The van der Waals surface area contributed by atoms with Crippen LogP contribution in [0.5, 0.6) is 0 Å². The van der Waals surface area contributed by atoms with Crippen LogP contribution in [0.1, 0.15) is 13.3 Å². The van der Waals surface area contributed by atoms with Crippen molar-refractivity contribution in [3.8, 4) is 0 Å². The van der Waals surface area contributed by atoms with E-state index in [2.05, 4.69) is 32.6 Å². The Morgan fingerprint density at radius 3 is 3.00 bits per heavy atom. The molecule has 0 amide bonds. The molecule has 0 aromatic carbocycles. The van der Waals surface area contributed by atoms with Gasteiger partial charge in [-0.1, -0.05) is 6.92 Å². The third-order valence-corrected chi connectivity index (χ3v) is 2.76. The third kappa shape index (κ3) is 2.95. The van der Waals surface area contributed by atoms with E-state index in [1.807, 2.05) is 0 Å². The normalized spacial score (nSPS) is 24.2. The molecule has 1 heterocycles. The van der Waals surface area contributed by atoms with Gasteiger partial charge in [0, 0.05) is 19.6 Å². The van der Waals surface area contributed by atoms with Gasteiger partial charge in [0.2, 0.25) is 0 Å². The average molecular weight is 222 g/mol. The van der Waals surface area contributed by atoms with Gasteiger partial charge in [0.05, 0.1) is 6.54 Å². The Morgan fingerprint density at radius 1 is 1.62 bits per heavy atom. The number of nitrogens with zero attached hydrogens (tertiary/aromatic N) is 4. The topological polar surface area (TPSA) is 67.1 Å². The molecule has 6 heteroatoms. The molecule has 1 aliphatic rings. The van der Waals surface area contributed by atoms with Crippen LogP contribution in [0, 0.1) is 5.92 Å². The van der Waals surface area contributed by atoms with Gasteiger partial charge in [-0.2, -0.15) is 5.10 Å². The summed E-state index contributed by atoms with van der Waals surface area (Å²) in [5, 5.41) is 10.6. The predicted octanol–water partition coefficient (Wildman–Crippen LogP) is -0.149. The second-order valence-electron chi connectivity index (χ2n) is 4.12. The lowest BCUT2D eigenvalue weighted by atomic mass is 10.5. The molecule has 0 spiro atoms. The van der Waals surface area contributed by atoms with Crippen LogP contribution in [0.15, 0.2) is 17.6 Å². The molecule has 6 nitrogen and oxygen atoms in total. The Labute approximate surface area is 95.2 Å². The molecule has 0 bridgehead atoms. The van der Waals surface area contributed by atoms with Gasteiger partial charge in [0.1, 0.15) is 12.7 Å². The highest BCUT2D eigenvalue weighted by Crippen LogP contribution is 2.28. The Balaban J connectivity index is 1.67. The summed E-state index contributed by atoms with van der Waals surface area (Å²) in [7, 11) is 1.79. The van der Waals surface area contributed by atoms with Crippen LogP contribution >= 0.6 is 0 Å². The molecule has 2 rings (SSSR count). The second kappa shape index (κ2) is 4.96. The lowest BCUT2D eigenvalue weighted by Crippen LogP contribution is -2.40. The van der Waals surface area contributed by atoms with Crippen molar-refractivity contribution in [3.63, 3.8) is 0 Å². The van der Waals surface area contributed by atoms with E-state index in [4.69, 9.17) is 0 Å². The van der Waals surface area contributed by atoms with Crippen molar-refractivity contribution in [3.05, 3.63) is 12.7 Å². The standard InChI is InChI=1S/C10H18N6/c1-8-5-9(8)15-10(11-2)13-3-4-16-7-12-6-14-16/h6-9H,3-5H2,1-2H3,(H2,11,13,15). The maximum absolute atomic E-state index is 4.17. The number of nitrogens with one attached hydrogen (secondary N) is 2. The number of hydrogen-bond donors (Lipinski definition) is 2. The van der Waals surface area contributed by atoms with Crippen molar-refractivity contribution in [2.45, 2.75) is 25.9 Å². The SMILES string of the molecule is CN=C(NCCn1cncn1)NC1CC1C. The summed E-state index contributed by atoms with van der Waals surface area (Å²) in [5.41, 5.74) is 0. The van der Waals surface area contributed by atoms with Crippen molar-refractivity contribution >= 4 is 5.96 Å². The summed E-state index contributed by atoms with van der Waals surface area (Å²) in [6.45, 7) is 3.82. The largest absolute Gasteiger partial charge is 0.355 e. The fourth-order valence-electron chi connectivity index (χ4n) is 1.53. The fraction of sp³-hybridized carbons (Fsp3) is 0.700. The van der Waals surface area contributed by atoms with E-state index in [0.717, 1.165) is 25.0 Å². The van der Waals surface area contributed by atoms with Crippen molar-refractivity contribution < 1.29 is 0 Å². The zero-order valence-electron chi connectivity index (χ0n) is 9.72. The average Bonchev–Trinajstić information content (AvgIpc) is 2.79. The fourth-order valence-corrected chi connectivity index (χ4v) is 1.53. The Morgan fingerprint density at radius 2 is 2.44 bits per heavy atom. The van der Waals surface area contributed by atoms with Crippen molar-refractivity contribution in [1.29, 1.82) is 0 Å². The molecule has 0 radical (unpaired) electrons. The molecule has 1 fully saturated rings.